The summed E-state index contributed by atoms with van der Waals surface area (Å²) in [6.07, 6.45) is 1.54. The largest absolute Gasteiger partial charge is 0.488 e. The number of carbonyl (C=O) groups excluding carboxylic acids is 1. The molecule has 0 unspecified atom stereocenters. The van der Waals surface area contributed by atoms with Gasteiger partial charge in [-0.05, 0) is 69.5 Å². The van der Waals surface area contributed by atoms with Crippen LogP contribution in [0.3, 0.4) is 0 Å². The molecule has 0 aliphatic heterocycles. The van der Waals surface area contributed by atoms with Gasteiger partial charge in [-0.1, -0.05) is 30.3 Å². The number of carbonyl (C=O) groups is 1. The second-order valence-electron chi connectivity index (χ2n) is 6.12. The van der Waals surface area contributed by atoms with Crippen molar-refractivity contribution in [3.05, 3.63) is 94.2 Å². The third-order valence-electron chi connectivity index (χ3n) is 3.89. The van der Waals surface area contributed by atoms with Crippen LogP contribution < -0.4 is 15.5 Å². The highest BCUT2D eigenvalue weighted by Gasteiger charge is 2.03. The molecule has 1 amide bonds. The summed E-state index contributed by atoms with van der Waals surface area (Å²) in [7, 11) is 0. The Morgan fingerprint density at radius 3 is 2.55 bits per heavy atom. The Balaban J connectivity index is 1.46. The van der Waals surface area contributed by atoms with Crippen molar-refractivity contribution >= 4 is 33.7 Å². The SMILES string of the molecule is O=C(CNc1ccc(F)cc1)N/N=C\c1ccc(OCc2ccccc2)c(Br)c1. The molecule has 0 bridgehead atoms. The predicted molar refractivity (Wildman–Crippen MR) is 116 cm³/mol. The Morgan fingerprint density at radius 2 is 1.83 bits per heavy atom. The molecule has 0 fully saturated rings. The number of anilines is 1. The van der Waals surface area contributed by atoms with Gasteiger partial charge in [0.2, 0.25) is 0 Å². The zero-order valence-electron chi connectivity index (χ0n) is 15.4. The Hall–Kier alpha value is -3.19. The molecule has 0 saturated heterocycles. The van der Waals surface area contributed by atoms with Crippen molar-refractivity contribution in [3.8, 4) is 5.75 Å². The van der Waals surface area contributed by atoms with Crippen LogP contribution in [0.2, 0.25) is 0 Å². The molecule has 3 aromatic carbocycles. The molecule has 5 nitrogen and oxygen atoms in total. The summed E-state index contributed by atoms with van der Waals surface area (Å²) in [6, 6.07) is 21.2. The highest BCUT2D eigenvalue weighted by atomic mass is 79.9. The van der Waals surface area contributed by atoms with Crippen LogP contribution in [-0.4, -0.2) is 18.7 Å². The van der Waals surface area contributed by atoms with Crippen LogP contribution in [0.15, 0.2) is 82.4 Å². The van der Waals surface area contributed by atoms with Gasteiger partial charge in [-0.3, -0.25) is 4.79 Å². The molecule has 7 heteroatoms. The van der Waals surface area contributed by atoms with Crippen molar-refractivity contribution in [2.75, 3.05) is 11.9 Å². The smallest absolute Gasteiger partial charge is 0.259 e. The molecule has 0 saturated carbocycles. The summed E-state index contributed by atoms with van der Waals surface area (Å²) in [6.45, 7) is 0.503. The lowest BCUT2D eigenvalue weighted by Gasteiger charge is -2.09. The first-order chi connectivity index (χ1) is 14.1. The fourth-order valence-corrected chi connectivity index (χ4v) is 2.93. The number of nitrogens with zero attached hydrogens (tertiary/aromatic N) is 1. The number of hydrogen-bond donors (Lipinski definition) is 2. The van der Waals surface area contributed by atoms with E-state index < -0.39 is 0 Å². The molecular weight excluding hydrogens is 437 g/mol. The van der Waals surface area contributed by atoms with Crippen LogP contribution in [0.4, 0.5) is 10.1 Å². The van der Waals surface area contributed by atoms with Crippen LogP contribution in [-0.2, 0) is 11.4 Å². The van der Waals surface area contributed by atoms with E-state index in [1.54, 1.807) is 18.3 Å². The number of rotatable bonds is 8. The van der Waals surface area contributed by atoms with E-state index in [0.29, 0.717) is 12.3 Å². The van der Waals surface area contributed by atoms with Gasteiger partial charge in [0.25, 0.3) is 5.91 Å². The molecule has 3 aromatic rings. The van der Waals surface area contributed by atoms with Gasteiger partial charge in [0.05, 0.1) is 17.2 Å². The third kappa shape index (κ3) is 6.73. The summed E-state index contributed by atoms with van der Waals surface area (Å²) in [5.74, 6) is 0.0817. The van der Waals surface area contributed by atoms with E-state index in [4.69, 9.17) is 4.74 Å². The normalized spacial score (nSPS) is 10.7. The van der Waals surface area contributed by atoms with Crippen LogP contribution in [0.25, 0.3) is 0 Å². The Kier molecular flexibility index (Phi) is 7.35. The number of ether oxygens (including phenoxy) is 1. The molecule has 0 heterocycles. The Morgan fingerprint density at radius 1 is 1.07 bits per heavy atom. The number of benzene rings is 3. The number of hydrazone groups is 1. The number of halogens is 2. The first kappa shape index (κ1) is 20.5. The summed E-state index contributed by atoms with van der Waals surface area (Å²) in [4.78, 5) is 11.8. The zero-order valence-corrected chi connectivity index (χ0v) is 17.0. The van der Waals surface area contributed by atoms with Crippen molar-refractivity contribution in [1.82, 2.24) is 5.43 Å². The second kappa shape index (κ2) is 10.4. The number of hydrogen-bond acceptors (Lipinski definition) is 4. The minimum Gasteiger partial charge on any atom is -0.488 e. The summed E-state index contributed by atoms with van der Waals surface area (Å²) in [5, 5.41) is 6.83. The van der Waals surface area contributed by atoms with Gasteiger partial charge in [0.1, 0.15) is 18.2 Å². The monoisotopic (exact) mass is 455 g/mol. The summed E-state index contributed by atoms with van der Waals surface area (Å²) >= 11 is 3.49. The summed E-state index contributed by atoms with van der Waals surface area (Å²) < 4.78 is 19.5. The maximum atomic E-state index is 12.9. The van der Waals surface area contributed by atoms with Crippen molar-refractivity contribution in [2.45, 2.75) is 6.61 Å². The fourth-order valence-electron chi connectivity index (χ4n) is 2.42. The van der Waals surface area contributed by atoms with Gasteiger partial charge < -0.3 is 10.1 Å². The van der Waals surface area contributed by atoms with Gasteiger partial charge in [-0.15, -0.1) is 0 Å². The minimum atomic E-state index is -0.327. The first-order valence-corrected chi connectivity index (χ1v) is 9.67. The van der Waals surface area contributed by atoms with Gasteiger partial charge in [-0.2, -0.15) is 5.10 Å². The maximum Gasteiger partial charge on any atom is 0.259 e. The van der Waals surface area contributed by atoms with E-state index in [-0.39, 0.29) is 18.3 Å². The molecule has 0 atom stereocenters. The van der Waals surface area contributed by atoms with Crippen molar-refractivity contribution < 1.29 is 13.9 Å². The average Bonchev–Trinajstić information content (AvgIpc) is 2.73. The molecule has 148 valence electrons. The topological polar surface area (TPSA) is 62.7 Å². The van der Waals surface area contributed by atoms with Crippen molar-refractivity contribution in [2.24, 2.45) is 5.10 Å². The van der Waals surface area contributed by atoms with Crippen LogP contribution >= 0.6 is 15.9 Å². The standard InChI is InChI=1S/C22H19BrFN3O2/c23-20-12-17(6-11-21(20)29-15-16-4-2-1-3-5-16)13-26-27-22(28)14-25-19-9-7-18(24)8-10-19/h1-13,25H,14-15H2,(H,27,28)/b26-13-. The lowest BCUT2D eigenvalue weighted by atomic mass is 10.2. The average molecular weight is 456 g/mol. The molecule has 0 radical (unpaired) electrons. The van der Waals surface area contributed by atoms with E-state index in [2.05, 4.69) is 31.8 Å². The lowest BCUT2D eigenvalue weighted by molar-refractivity contribution is -0.119. The highest BCUT2D eigenvalue weighted by Crippen LogP contribution is 2.26. The molecule has 0 aliphatic rings. The number of amides is 1. The van der Waals surface area contributed by atoms with Crippen LogP contribution in [0.5, 0.6) is 5.75 Å². The van der Waals surface area contributed by atoms with Crippen LogP contribution in [0, 0.1) is 5.82 Å². The van der Waals surface area contributed by atoms with E-state index in [9.17, 15) is 9.18 Å². The van der Waals surface area contributed by atoms with E-state index in [1.165, 1.54) is 12.1 Å². The Labute approximate surface area is 176 Å². The van der Waals surface area contributed by atoms with Gasteiger partial charge >= 0.3 is 0 Å². The Bertz CT molecular complexity index is 979. The molecule has 0 spiro atoms. The van der Waals surface area contributed by atoms with E-state index in [1.807, 2.05) is 48.5 Å². The third-order valence-corrected chi connectivity index (χ3v) is 4.51. The molecular formula is C22H19BrFN3O2. The quantitative estimate of drug-likeness (QED) is 0.381. The predicted octanol–water partition coefficient (Wildman–Crippen LogP) is 4.73. The van der Waals surface area contributed by atoms with E-state index in [0.717, 1.165) is 21.3 Å². The molecule has 0 aliphatic carbocycles. The van der Waals surface area contributed by atoms with Crippen LogP contribution in [0.1, 0.15) is 11.1 Å². The maximum absolute atomic E-state index is 12.9. The highest BCUT2D eigenvalue weighted by molar-refractivity contribution is 9.10. The molecule has 3 rings (SSSR count). The molecule has 0 aromatic heterocycles. The first-order valence-electron chi connectivity index (χ1n) is 8.88. The van der Waals surface area contributed by atoms with Gasteiger partial charge in [0, 0.05) is 5.69 Å². The number of nitrogens with one attached hydrogen (secondary N) is 2. The molecule has 29 heavy (non-hydrogen) atoms. The lowest BCUT2D eigenvalue weighted by Crippen LogP contribution is -2.25. The second-order valence-corrected chi connectivity index (χ2v) is 6.97. The minimum absolute atomic E-state index is 0.0267. The van der Waals surface area contributed by atoms with E-state index >= 15 is 0 Å². The van der Waals surface area contributed by atoms with Crippen molar-refractivity contribution in [1.29, 1.82) is 0 Å². The van der Waals surface area contributed by atoms with Gasteiger partial charge in [-0.25, -0.2) is 9.82 Å². The molecule has 2 N–H and O–H groups in total. The van der Waals surface area contributed by atoms with Gasteiger partial charge in [0.15, 0.2) is 0 Å². The van der Waals surface area contributed by atoms with Crippen molar-refractivity contribution in [3.63, 3.8) is 0 Å². The zero-order chi connectivity index (χ0) is 20.5. The fraction of sp³-hybridized carbons (Fsp3) is 0.0909. The summed E-state index contributed by atoms with van der Waals surface area (Å²) in [5.41, 5.74) is 4.98.